The quantitative estimate of drug-likeness (QED) is 0.649. The lowest BCUT2D eigenvalue weighted by molar-refractivity contribution is -0.136. The topological polar surface area (TPSA) is 99.8 Å². The lowest BCUT2D eigenvalue weighted by Gasteiger charge is -2.29. The number of imide groups is 1. The molecular weight excluding hydrogens is 396 g/mol. The highest BCUT2D eigenvalue weighted by Crippen LogP contribution is 2.29. The molecule has 0 bridgehead atoms. The van der Waals surface area contributed by atoms with Gasteiger partial charge in [0.25, 0.3) is 5.91 Å². The van der Waals surface area contributed by atoms with Gasteiger partial charge in [-0.15, -0.1) is 0 Å². The maximum Gasteiger partial charge on any atom is 0.255 e. The van der Waals surface area contributed by atoms with E-state index in [4.69, 9.17) is 4.74 Å². The molecule has 3 N–H and O–H groups in total. The molecule has 2 aromatic rings. The largest absolute Gasteiger partial charge is 0.492 e. The Morgan fingerprint density at radius 3 is 2.87 bits per heavy atom. The third kappa shape index (κ3) is 3.86. The van der Waals surface area contributed by atoms with Crippen molar-refractivity contribution < 1.29 is 19.1 Å². The van der Waals surface area contributed by atoms with Gasteiger partial charge in [-0.25, -0.2) is 0 Å². The molecule has 0 aromatic heterocycles. The number of nitrogens with zero attached hydrogens (tertiary/aromatic N) is 1. The SMILES string of the molecule is O=C1CCC(N2Cc3ccc(CNc4ccc5c(c4)CNCCO5)cc3C2=O)C(=O)N1. The predicted octanol–water partition coefficient (Wildman–Crippen LogP) is 1.54. The number of hydrogen-bond donors (Lipinski definition) is 3. The average Bonchev–Trinajstić information content (AvgIpc) is 2.93. The average molecular weight is 420 g/mol. The Labute approximate surface area is 179 Å². The van der Waals surface area contributed by atoms with Crippen LogP contribution in [0, 0.1) is 0 Å². The third-order valence-corrected chi connectivity index (χ3v) is 6.00. The van der Waals surface area contributed by atoms with Crippen molar-refractivity contribution in [1.82, 2.24) is 15.5 Å². The van der Waals surface area contributed by atoms with E-state index in [0.717, 1.165) is 41.2 Å². The minimum Gasteiger partial charge on any atom is -0.492 e. The number of carbonyl (C=O) groups is 3. The van der Waals surface area contributed by atoms with Crippen LogP contribution in [0.15, 0.2) is 36.4 Å². The number of rotatable bonds is 4. The van der Waals surface area contributed by atoms with Crippen LogP contribution in [0.5, 0.6) is 5.75 Å². The standard InChI is InChI=1S/C23H24N4O4/c28-21-6-4-19(22(29)26-21)27-13-15-2-1-14(9-18(15)23(27)30)11-25-17-3-5-20-16(10-17)12-24-7-8-31-20/h1-3,5,9-10,19,24-25H,4,6-8,11-13H2,(H,26,28,29). The molecule has 3 aliphatic rings. The number of nitrogens with one attached hydrogen (secondary N) is 3. The molecule has 3 heterocycles. The van der Waals surface area contributed by atoms with Gasteiger partial charge < -0.3 is 20.3 Å². The van der Waals surface area contributed by atoms with Gasteiger partial charge in [0.15, 0.2) is 0 Å². The first-order valence-corrected chi connectivity index (χ1v) is 10.6. The Kier molecular flexibility index (Phi) is 5.07. The molecule has 3 amide bonds. The molecule has 1 fully saturated rings. The monoisotopic (exact) mass is 420 g/mol. The number of ether oxygens (including phenoxy) is 1. The molecule has 31 heavy (non-hydrogen) atoms. The van der Waals surface area contributed by atoms with Crippen molar-refractivity contribution in [3.63, 3.8) is 0 Å². The Bertz CT molecular complexity index is 1070. The lowest BCUT2D eigenvalue weighted by atomic mass is 10.0. The number of fused-ring (bicyclic) bond motifs is 2. The smallest absolute Gasteiger partial charge is 0.255 e. The summed E-state index contributed by atoms with van der Waals surface area (Å²) >= 11 is 0. The van der Waals surface area contributed by atoms with Gasteiger partial charge in [0.1, 0.15) is 18.4 Å². The summed E-state index contributed by atoms with van der Waals surface area (Å²) in [5.74, 6) is 0.0895. The molecule has 0 aliphatic carbocycles. The van der Waals surface area contributed by atoms with E-state index in [2.05, 4.69) is 22.0 Å². The summed E-state index contributed by atoms with van der Waals surface area (Å²) in [5.41, 5.74) is 4.63. The number of benzene rings is 2. The number of amides is 3. The van der Waals surface area contributed by atoms with Crippen molar-refractivity contribution in [2.75, 3.05) is 18.5 Å². The van der Waals surface area contributed by atoms with Crippen LogP contribution in [0.2, 0.25) is 0 Å². The molecule has 1 atom stereocenters. The van der Waals surface area contributed by atoms with Crippen LogP contribution in [-0.4, -0.2) is 41.8 Å². The zero-order valence-corrected chi connectivity index (χ0v) is 17.1. The van der Waals surface area contributed by atoms with E-state index in [1.54, 1.807) is 4.90 Å². The van der Waals surface area contributed by atoms with Gasteiger partial charge in [-0.05, 0) is 41.8 Å². The summed E-state index contributed by atoms with van der Waals surface area (Å²) in [4.78, 5) is 38.1. The van der Waals surface area contributed by atoms with Crippen molar-refractivity contribution in [1.29, 1.82) is 0 Å². The Morgan fingerprint density at radius 1 is 1.10 bits per heavy atom. The van der Waals surface area contributed by atoms with Gasteiger partial charge in [-0.3, -0.25) is 19.7 Å². The minimum atomic E-state index is -0.588. The Morgan fingerprint density at radius 2 is 2.00 bits per heavy atom. The van der Waals surface area contributed by atoms with Gasteiger partial charge in [-0.1, -0.05) is 12.1 Å². The molecule has 8 heteroatoms. The van der Waals surface area contributed by atoms with E-state index in [1.165, 1.54) is 0 Å². The van der Waals surface area contributed by atoms with Crippen LogP contribution in [0.3, 0.4) is 0 Å². The molecule has 5 rings (SSSR count). The van der Waals surface area contributed by atoms with E-state index in [-0.39, 0.29) is 24.1 Å². The van der Waals surface area contributed by atoms with Crippen LogP contribution in [0.1, 0.15) is 39.9 Å². The zero-order valence-electron chi connectivity index (χ0n) is 17.1. The van der Waals surface area contributed by atoms with Crippen molar-refractivity contribution in [2.24, 2.45) is 0 Å². The molecular formula is C23H24N4O4. The second kappa shape index (κ2) is 8.03. The van der Waals surface area contributed by atoms with Crippen LogP contribution in [-0.2, 0) is 29.2 Å². The molecule has 1 unspecified atom stereocenters. The summed E-state index contributed by atoms with van der Waals surface area (Å²) in [6.07, 6.45) is 0.628. The zero-order chi connectivity index (χ0) is 21.4. The van der Waals surface area contributed by atoms with E-state index in [0.29, 0.717) is 31.7 Å². The molecule has 0 radical (unpaired) electrons. The van der Waals surface area contributed by atoms with Gasteiger partial charge in [0.2, 0.25) is 11.8 Å². The fourth-order valence-corrected chi connectivity index (χ4v) is 4.34. The molecule has 1 saturated heterocycles. The maximum atomic E-state index is 13.0. The van der Waals surface area contributed by atoms with Crippen LogP contribution in [0.4, 0.5) is 5.69 Å². The van der Waals surface area contributed by atoms with Crippen LogP contribution in [0.25, 0.3) is 0 Å². The number of anilines is 1. The van der Waals surface area contributed by atoms with Gasteiger partial charge in [-0.2, -0.15) is 0 Å². The van der Waals surface area contributed by atoms with Gasteiger partial charge in [0, 0.05) is 49.4 Å². The highest BCUT2D eigenvalue weighted by atomic mass is 16.5. The number of piperidine rings is 1. The second-order valence-corrected chi connectivity index (χ2v) is 8.09. The summed E-state index contributed by atoms with van der Waals surface area (Å²) in [6.45, 7) is 3.24. The van der Waals surface area contributed by atoms with E-state index < -0.39 is 6.04 Å². The molecule has 3 aliphatic heterocycles. The molecule has 160 valence electrons. The van der Waals surface area contributed by atoms with Crippen molar-refractivity contribution >= 4 is 23.4 Å². The molecule has 8 nitrogen and oxygen atoms in total. The van der Waals surface area contributed by atoms with Crippen LogP contribution < -0.4 is 20.7 Å². The van der Waals surface area contributed by atoms with Gasteiger partial charge >= 0.3 is 0 Å². The van der Waals surface area contributed by atoms with Crippen molar-refractivity contribution in [3.8, 4) is 5.75 Å². The highest BCUT2D eigenvalue weighted by molar-refractivity contribution is 6.05. The van der Waals surface area contributed by atoms with E-state index >= 15 is 0 Å². The first-order chi connectivity index (χ1) is 15.1. The fraction of sp³-hybridized carbons (Fsp3) is 0.348. The molecule has 0 saturated carbocycles. The summed E-state index contributed by atoms with van der Waals surface area (Å²) < 4.78 is 5.72. The maximum absolute atomic E-state index is 13.0. The summed E-state index contributed by atoms with van der Waals surface area (Å²) in [5, 5.41) is 9.08. The van der Waals surface area contributed by atoms with Crippen molar-refractivity contribution in [3.05, 3.63) is 58.7 Å². The lowest BCUT2D eigenvalue weighted by Crippen LogP contribution is -2.52. The summed E-state index contributed by atoms with van der Waals surface area (Å²) in [7, 11) is 0. The third-order valence-electron chi connectivity index (χ3n) is 6.00. The number of carbonyl (C=O) groups excluding carboxylic acids is 3. The summed E-state index contributed by atoms with van der Waals surface area (Å²) in [6, 6.07) is 11.3. The first kappa shape index (κ1) is 19.6. The Hall–Kier alpha value is -3.39. The highest BCUT2D eigenvalue weighted by Gasteiger charge is 2.39. The molecule has 0 spiro atoms. The van der Waals surface area contributed by atoms with E-state index in [9.17, 15) is 14.4 Å². The fourth-order valence-electron chi connectivity index (χ4n) is 4.34. The van der Waals surface area contributed by atoms with Crippen molar-refractivity contribution in [2.45, 2.75) is 38.5 Å². The first-order valence-electron chi connectivity index (χ1n) is 10.6. The predicted molar refractivity (Wildman–Crippen MR) is 113 cm³/mol. The Balaban J connectivity index is 1.27. The number of hydrogen-bond acceptors (Lipinski definition) is 6. The molecule has 2 aromatic carbocycles. The van der Waals surface area contributed by atoms with Gasteiger partial charge in [0.05, 0.1) is 0 Å². The second-order valence-electron chi connectivity index (χ2n) is 8.09. The minimum absolute atomic E-state index is 0.153. The van der Waals surface area contributed by atoms with Crippen LogP contribution >= 0.6 is 0 Å². The normalized spacial score (nSPS) is 20.5. The van der Waals surface area contributed by atoms with E-state index in [1.807, 2.05) is 30.3 Å².